The van der Waals surface area contributed by atoms with E-state index < -0.39 is 0 Å². The van der Waals surface area contributed by atoms with Gasteiger partial charge in [-0.25, -0.2) is 9.97 Å². The molecule has 3 aliphatic heterocycles. The van der Waals surface area contributed by atoms with E-state index in [2.05, 4.69) is 51.0 Å². The Hall–Kier alpha value is -2.51. The van der Waals surface area contributed by atoms with Crippen molar-refractivity contribution < 1.29 is 9.47 Å². The first kappa shape index (κ1) is 18.3. The Morgan fingerprint density at radius 2 is 1.93 bits per heavy atom. The van der Waals surface area contributed by atoms with Gasteiger partial charge in [-0.05, 0) is 37.5 Å². The summed E-state index contributed by atoms with van der Waals surface area (Å²) in [5.74, 6) is 1.91. The number of aliphatic imine (C=N–C) groups is 1. The maximum absolute atomic E-state index is 6.17. The maximum atomic E-state index is 6.17. The molecule has 0 unspecified atom stereocenters. The van der Waals surface area contributed by atoms with Crippen LogP contribution in [0.5, 0.6) is 5.75 Å². The lowest BCUT2D eigenvalue weighted by atomic mass is 10.0. The lowest BCUT2D eigenvalue weighted by Gasteiger charge is -2.47. The number of ether oxygens (including phenoxy) is 2. The van der Waals surface area contributed by atoms with E-state index in [4.69, 9.17) is 14.5 Å². The number of hydrogen-bond donors (Lipinski definition) is 0. The molecule has 4 aliphatic rings. The van der Waals surface area contributed by atoms with Crippen molar-refractivity contribution in [2.75, 3.05) is 44.3 Å². The van der Waals surface area contributed by atoms with Crippen LogP contribution in [0, 0.1) is 0 Å². The van der Waals surface area contributed by atoms with Gasteiger partial charge in [0.25, 0.3) is 0 Å². The Bertz CT molecular complexity index is 991. The Balaban J connectivity index is 1.19. The van der Waals surface area contributed by atoms with Crippen molar-refractivity contribution in [3.63, 3.8) is 0 Å². The SMILES string of the molecule is CC1(Oc2ccc3c(c2)C(c2cc(N4CC(N5CCOCC5)C4)ncn2)=NC3)CC1. The second-order valence-corrected chi connectivity index (χ2v) is 9.00. The summed E-state index contributed by atoms with van der Waals surface area (Å²) in [7, 11) is 0. The van der Waals surface area contributed by atoms with E-state index in [1.807, 2.05) is 0 Å². The molecule has 0 amide bonds. The fourth-order valence-electron chi connectivity index (χ4n) is 4.47. The Kier molecular flexibility index (Phi) is 4.28. The van der Waals surface area contributed by atoms with Crippen LogP contribution < -0.4 is 9.64 Å². The van der Waals surface area contributed by atoms with E-state index >= 15 is 0 Å². The summed E-state index contributed by atoms with van der Waals surface area (Å²) in [4.78, 5) is 18.7. The van der Waals surface area contributed by atoms with Crippen LogP contribution >= 0.6 is 0 Å². The predicted octanol–water partition coefficient (Wildman–Crippen LogP) is 2.28. The largest absolute Gasteiger partial charge is 0.488 e. The number of fused-ring (bicyclic) bond motifs is 1. The van der Waals surface area contributed by atoms with Gasteiger partial charge in [0.2, 0.25) is 0 Å². The minimum Gasteiger partial charge on any atom is -0.488 e. The normalized spacial score (nSPS) is 23.0. The number of aromatic nitrogens is 2. The summed E-state index contributed by atoms with van der Waals surface area (Å²) in [6.45, 7) is 8.64. The van der Waals surface area contributed by atoms with Crippen molar-refractivity contribution in [3.05, 3.63) is 47.4 Å². The second kappa shape index (κ2) is 7.03. The summed E-state index contributed by atoms with van der Waals surface area (Å²) >= 11 is 0. The molecule has 1 aromatic carbocycles. The van der Waals surface area contributed by atoms with Crippen LogP contribution in [0.15, 0.2) is 35.6 Å². The smallest absolute Gasteiger partial charge is 0.132 e. The van der Waals surface area contributed by atoms with Crippen LogP contribution in [0.3, 0.4) is 0 Å². The van der Waals surface area contributed by atoms with Gasteiger partial charge < -0.3 is 14.4 Å². The van der Waals surface area contributed by atoms with Gasteiger partial charge in [0.15, 0.2) is 0 Å². The number of anilines is 1. The number of morpholine rings is 1. The molecule has 0 N–H and O–H groups in total. The monoisotopic (exact) mass is 405 g/mol. The van der Waals surface area contributed by atoms with Crippen LogP contribution in [0.4, 0.5) is 5.82 Å². The molecule has 7 nitrogen and oxygen atoms in total. The van der Waals surface area contributed by atoms with E-state index in [1.54, 1.807) is 6.33 Å². The van der Waals surface area contributed by atoms with Crippen molar-refractivity contribution in [3.8, 4) is 5.75 Å². The number of nitrogens with zero attached hydrogens (tertiary/aromatic N) is 5. The molecule has 6 rings (SSSR count). The van der Waals surface area contributed by atoms with Gasteiger partial charge in [0.1, 0.15) is 23.5 Å². The lowest BCUT2D eigenvalue weighted by Crippen LogP contribution is -2.61. The lowest BCUT2D eigenvalue weighted by molar-refractivity contribution is 0.0104. The van der Waals surface area contributed by atoms with Gasteiger partial charge in [0.05, 0.1) is 31.2 Å². The van der Waals surface area contributed by atoms with E-state index in [0.29, 0.717) is 12.6 Å². The van der Waals surface area contributed by atoms with Crippen LogP contribution in [0.1, 0.15) is 36.6 Å². The average molecular weight is 406 g/mol. The molecule has 0 bridgehead atoms. The molecule has 0 radical (unpaired) electrons. The molecule has 1 saturated carbocycles. The van der Waals surface area contributed by atoms with Crippen molar-refractivity contribution in [2.24, 2.45) is 4.99 Å². The quantitative estimate of drug-likeness (QED) is 0.761. The highest BCUT2D eigenvalue weighted by Gasteiger charge is 2.40. The van der Waals surface area contributed by atoms with E-state index in [-0.39, 0.29) is 5.60 Å². The van der Waals surface area contributed by atoms with Gasteiger partial charge >= 0.3 is 0 Å². The third-order valence-electron chi connectivity index (χ3n) is 6.71. The third-order valence-corrected chi connectivity index (χ3v) is 6.71. The van der Waals surface area contributed by atoms with Gasteiger partial charge in [-0.1, -0.05) is 6.07 Å². The highest BCUT2D eigenvalue weighted by Crippen LogP contribution is 2.40. The number of benzene rings is 1. The number of rotatable bonds is 5. The summed E-state index contributed by atoms with van der Waals surface area (Å²) in [5.41, 5.74) is 4.22. The third kappa shape index (κ3) is 3.36. The molecular weight excluding hydrogens is 378 g/mol. The molecule has 156 valence electrons. The van der Waals surface area contributed by atoms with Gasteiger partial charge in [-0.15, -0.1) is 0 Å². The maximum Gasteiger partial charge on any atom is 0.132 e. The first-order valence-electron chi connectivity index (χ1n) is 10.9. The van der Waals surface area contributed by atoms with Gasteiger partial charge in [0, 0.05) is 43.9 Å². The standard InChI is InChI=1S/C23H27N5O2/c1-23(4-5-23)30-18-3-2-16-12-24-22(19(16)10-18)20-11-21(26-15-25-20)28-13-17(14-28)27-6-8-29-9-7-27/h2-3,10-11,15,17H,4-9,12-14H2,1H3. The highest BCUT2D eigenvalue weighted by atomic mass is 16.5. The molecule has 7 heteroatoms. The Labute approximate surface area is 176 Å². The minimum absolute atomic E-state index is 0.0146. The summed E-state index contributed by atoms with van der Waals surface area (Å²) in [6.07, 6.45) is 3.92. The molecular formula is C23H27N5O2. The molecule has 4 heterocycles. The average Bonchev–Trinajstić information content (AvgIpc) is 3.31. The summed E-state index contributed by atoms with van der Waals surface area (Å²) in [5, 5.41) is 0. The molecule has 1 aliphatic carbocycles. The molecule has 2 aromatic rings. The van der Waals surface area contributed by atoms with Crippen LogP contribution in [0.25, 0.3) is 0 Å². The topological polar surface area (TPSA) is 63.1 Å². The highest BCUT2D eigenvalue weighted by molar-refractivity contribution is 6.14. The zero-order valence-electron chi connectivity index (χ0n) is 17.4. The molecule has 30 heavy (non-hydrogen) atoms. The first-order valence-corrected chi connectivity index (χ1v) is 10.9. The van der Waals surface area contributed by atoms with Crippen molar-refractivity contribution in [1.29, 1.82) is 0 Å². The van der Waals surface area contributed by atoms with Gasteiger partial charge in [-0.2, -0.15) is 0 Å². The Morgan fingerprint density at radius 1 is 1.10 bits per heavy atom. The molecule has 3 fully saturated rings. The first-order chi connectivity index (χ1) is 14.7. The fraction of sp³-hybridized carbons (Fsp3) is 0.522. The van der Waals surface area contributed by atoms with Crippen molar-refractivity contribution in [2.45, 2.75) is 38.0 Å². The Morgan fingerprint density at radius 3 is 2.73 bits per heavy atom. The van der Waals surface area contributed by atoms with Crippen LogP contribution in [0.2, 0.25) is 0 Å². The van der Waals surface area contributed by atoms with Crippen LogP contribution in [-0.4, -0.2) is 71.6 Å². The van der Waals surface area contributed by atoms with Gasteiger partial charge in [-0.3, -0.25) is 9.89 Å². The molecule has 0 spiro atoms. The van der Waals surface area contributed by atoms with Crippen molar-refractivity contribution >= 4 is 11.5 Å². The molecule has 1 aromatic heterocycles. The zero-order chi connectivity index (χ0) is 20.1. The predicted molar refractivity (Wildman–Crippen MR) is 114 cm³/mol. The fourth-order valence-corrected chi connectivity index (χ4v) is 4.47. The molecule has 2 saturated heterocycles. The zero-order valence-corrected chi connectivity index (χ0v) is 17.4. The minimum atomic E-state index is 0.0146. The second-order valence-electron chi connectivity index (χ2n) is 9.00. The number of hydrogen-bond acceptors (Lipinski definition) is 7. The summed E-state index contributed by atoms with van der Waals surface area (Å²) in [6, 6.07) is 9.01. The van der Waals surface area contributed by atoms with Crippen molar-refractivity contribution in [1.82, 2.24) is 14.9 Å². The molecule has 0 atom stereocenters. The van der Waals surface area contributed by atoms with E-state index in [0.717, 1.165) is 80.8 Å². The van der Waals surface area contributed by atoms with Crippen LogP contribution in [-0.2, 0) is 11.3 Å². The van der Waals surface area contributed by atoms with E-state index in [1.165, 1.54) is 5.56 Å². The summed E-state index contributed by atoms with van der Waals surface area (Å²) < 4.78 is 11.6. The van der Waals surface area contributed by atoms with E-state index in [9.17, 15) is 0 Å².